The fourth-order valence-electron chi connectivity index (χ4n) is 3.55. The first-order chi connectivity index (χ1) is 8.88. The predicted octanol–water partition coefficient (Wildman–Crippen LogP) is 2.72. The topological polar surface area (TPSA) is 66.4 Å². The molecule has 2 N–H and O–H groups in total. The second-order valence-electron chi connectivity index (χ2n) is 6.76. The Balaban J connectivity index is 2.04. The highest BCUT2D eigenvalue weighted by Gasteiger charge is 2.47. The molecule has 0 bridgehead atoms. The van der Waals surface area contributed by atoms with Gasteiger partial charge >= 0.3 is 5.97 Å². The van der Waals surface area contributed by atoms with E-state index in [1.165, 1.54) is 6.42 Å². The molecule has 2 atom stereocenters. The van der Waals surface area contributed by atoms with E-state index in [0.717, 1.165) is 38.5 Å². The summed E-state index contributed by atoms with van der Waals surface area (Å²) in [5.41, 5.74) is -1.08. The van der Waals surface area contributed by atoms with Crippen LogP contribution in [0.5, 0.6) is 0 Å². The molecule has 0 aromatic carbocycles. The molecule has 1 amide bonds. The summed E-state index contributed by atoms with van der Waals surface area (Å²) in [6.45, 7) is 3.78. The maximum absolute atomic E-state index is 12.5. The lowest BCUT2D eigenvalue weighted by molar-refractivity contribution is -0.149. The highest BCUT2D eigenvalue weighted by atomic mass is 16.4. The van der Waals surface area contributed by atoms with Gasteiger partial charge < -0.3 is 10.4 Å². The van der Waals surface area contributed by atoms with Gasteiger partial charge in [-0.3, -0.25) is 9.59 Å². The lowest BCUT2D eigenvalue weighted by Crippen LogP contribution is -2.51. The number of carboxylic acid groups (broad SMARTS) is 1. The Morgan fingerprint density at radius 1 is 1.05 bits per heavy atom. The average molecular weight is 267 g/mol. The van der Waals surface area contributed by atoms with Crippen molar-refractivity contribution in [3.63, 3.8) is 0 Å². The van der Waals surface area contributed by atoms with Crippen molar-refractivity contribution >= 4 is 11.9 Å². The number of hydrogen-bond acceptors (Lipinski definition) is 2. The number of carboxylic acids is 1. The zero-order valence-corrected chi connectivity index (χ0v) is 12.0. The lowest BCUT2D eigenvalue weighted by atomic mass is 9.74. The molecule has 2 saturated carbocycles. The summed E-state index contributed by atoms with van der Waals surface area (Å²) in [5, 5.41) is 12.4. The molecule has 0 aromatic heterocycles. The van der Waals surface area contributed by atoms with Crippen molar-refractivity contribution in [1.82, 2.24) is 5.32 Å². The van der Waals surface area contributed by atoms with E-state index in [2.05, 4.69) is 5.32 Å². The summed E-state index contributed by atoms with van der Waals surface area (Å²) in [6, 6.07) is -0.212. The zero-order chi connectivity index (χ0) is 14.1. The highest BCUT2D eigenvalue weighted by Crippen LogP contribution is 2.40. The molecule has 0 saturated heterocycles. The first kappa shape index (κ1) is 14.4. The minimum Gasteiger partial charge on any atom is -0.481 e. The van der Waals surface area contributed by atoms with E-state index in [1.807, 2.05) is 6.92 Å². The van der Waals surface area contributed by atoms with Crippen LogP contribution in [0, 0.1) is 10.8 Å². The Kier molecular flexibility index (Phi) is 3.88. The van der Waals surface area contributed by atoms with Gasteiger partial charge in [0.05, 0.1) is 5.41 Å². The number of nitrogens with one attached hydrogen (secondary N) is 1. The molecule has 0 aromatic rings. The van der Waals surface area contributed by atoms with Gasteiger partial charge in [-0.05, 0) is 32.6 Å². The third kappa shape index (κ3) is 2.63. The van der Waals surface area contributed by atoms with Crippen LogP contribution in [0.1, 0.15) is 65.2 Å². The van der Waals surface area contributed by atoms with Gasteiger partial charge in [-0.1, -0.05) is 32.6 Å². The van der Waals surface area contributed by atoms with Crippen LogP contribution < -0.4 is 5.32 Å². The number of rotatable bonds is 3. The van der Waals surface area contributed by atoms with Gasteiger partial charge in [-0.15, -0.1) is 0 Å². The van der Waals surface area contributed by atoms with Gasteiger partial charge in [0.15, 0.2) is 0 Å². The van der Waals surface area contributed by atoms with Crippen LogP contribution in [0.3, 0.4) is 0 Å². The van der Waals surface area contributed by atoms with Crippen LogP contribution >= 0.6 is 0 Å². The van der Waals surface area contributed by atoms with Crippen molar-refractivity contribution in [3.8, 4) is 0 Å². The van der Waals surface area contributed by atoms with Gasteiger partial charge in [0.2, 0.25) is 5.91 Å². The fourth-order valence-corrected chi connectivity index (χ4v) is 3.55. The van der Waals surface area contributed by atoms with Crippen molar-refractivity contribution in [1.29, 1.82) is 0 Å². The molecule has 0 heterocycles. The van der Waals surface area contributed by atoms with Gasteiger partial charge in [0.25, 0.3) is 0 Å². The minimum absolute atomic E-state index is 0.0616. The largest absolute Gasteiger partial charge is 0.481 e. The number of hydrogen-bond donors (Lipinski definition) is 2. The van der Waals surface area contributed by atoms with E-state index in [9.17, 15) is 14.7 Å². The normalized spacial score (nSPS) is 33.9. The Labute approximate surface area is 115 Å². The van der Waals surface area contributed by atoms with E-state index in [1.54, 1.807) is 6.92 Å². The number of carbonyl (C=O) groups is 2. The molecule has 2 rings (SSSR count). The summed E-state index contributed by atoms with van der Waals surface area (Å²) >= 11 is 0. The van der Waals surface area contributed by atoms with Crippen LogP contribution in [-0.2, 0) is 9.59 Å². The van der Waals surface area contributed by atoms with Gasteiger partial charge in [0.1, 0.15) is 0 Å². The maximum Gasteiger partial charge on any atom is 0.311 e. The van der Waals surface area contributed by atoms with Crippen molar-refractivity contribution < 1.29 is 14.7 Å². The first-order valence-corrected chi connectivity index (χ1v) is 7.43. The minimum atomic E-state index is -0.791. The number of amides is 1. The van der Waals surface area contributed by atoms with Crippen molar-refractivity contribution in [2.24, 2.45) is 10.8 Å². The summed E-state index contributed by atoms with van der Waals surface area (Å²) in [4.78, 5) is 23.9. The average Bonchev–Trinajstić information content (AvgIpc) is 2.73. The molecule has 2 aliphatic rings. The van der Waals surface area contributed by atoms with E-state index in [4.69, 9.17) is 0 Å². The zero-order valence-electron chi connectivity index (χ0n) is 12.0. The molecule has 4 nitrogen and oxygen atoms in total. The SMILES string of the molecule is CC1(C(=O)NC2CCCC2(C)C(=O)O)CCCCC1. The maximum atomic E-state index is 12.5. The van der Waals surface area contributed by atoms with Crippen molar-refractivity contribution in [3.05, 3.63) is 0 Å². The van der Waals surface area contributed by atoms with Crippen molar-refractivity contribution in [2.45, 2.75) is 71.3 Å². The smallest absolute Gasteiger partial charge is 0.311 e. The molecule has 0 aliphatic heterocycles. The summed E-state index contributed by atoms with van der Waals surface area (Å²) < 4.78 is 0. The molecule has 0 radical (unpaired) electrons. The summed E-state index contributed by atoms with van der Waals surface area (Å²) in [7, 11) is 0. The fraction of sp³-hybridized carbons (Fsp3) is 0.867. The Hall–Kier alpha value is -1.06. The summed E-state index contributed by atoms with van der Waals surface area (Å²) in [6.07, 6.45) is 7.58. The van der Waals surface area contributed by atoms with E-state index >= 15 is 0 Å². The van der Waals surface area contributed by atoms with Gasteiger partial charge in [-0.2, -0.15) is 0 Å². The monoisotopic (exact) mass is 267 g/mol. The Bertz CT molecular complexity index is 374. The molecule has 108 valence electrons. The molecule has 2 unspecified atom stereocenters. The standard InChI is InChI=1S/C15H25NO3/c1-14(8-4-3-5-9-14)12(17)16-11-7-6-10-15(11,2)13(18)19/h11H,3-10H2,1-2H3,(H,16,17)(H,18,19). The van der Waals surface area contributed by atoms with Crippen LogP contribution in [0.4, 0.5) is 0 Å². The second-order valence-corrected chi connectivity index (χ2v) is 6.76. The molecule has 2 fully saturated rings. The Morgan fingerprint density at radius 2 is 1.68 bits per heavy atom. The van der Waals surface area contributed by atoms with E-state index in [0.29, 0.717) is 6.42 Å². The lowest BCUT2D eigenvalue weighted by Gasteiger charge is -2.35. The second kappa shape index (κ2) is 5.14. The van der Waals surface area contributed by atoms with Gasteiger partial charge in [0, 0.05) is 11.5 Å². The number of aliphatic carboxylic acids is 1. The summed E-state index contributed by atoms with van der Waals surface area (Å²) in [5.74, 6) is -0.726. The quantitative estimate of drug-likeness (QED) is 0.826. The van der Waals surface area contributed by atoms with Crippen LogP contribution in [-0.4, -0.2) is 23.0 Å². The van der Waals surface area contributed by atoms with Crippen molar-refractivity contribution in [2.75, 3.05) is 0 Å². The third-order valence-corrected chi connectivity index (χ3v) is 5.26. The molecular weight excluding hydrogens is 242 g/mol. The molecule has 2 aliphatic carbocycles. The highest BCUT2D eigenvalue weighted by molar-refractivity contribution is 5.84. The molecule has 4 heteroatoms. The molecule has 19 heavy (non-hydrogen) atoms. The number of carbonyl (C=O) groups excluding carboxylic acids is 1. The van der Waals surface area contributed by atoms with Crippen LogP contribution in [0.25, 0.3) is 0 Å². The van der Waals surface area contributed by atoms with E-state index < -0.39 is 11.4 Å². The predicted molar refractivity (Wildman–Crippen MR) is 72.7 cm³/mol. The molecular formula is C15H25NO3. The first-order valence-electron chi connectivity index (χ1n) is 7.43. The Morgan fingerprint density at radius 3 is 2.26 bits per heavy atom. The van der Waals surface area contributed by atoms with Crippen LogP contribution in [0.2, 0.25) is 0 Å². The van der Waals surface area contributed by atoms with Crippen LogP contribution in [0.15, 0.2) is 0 Å². The van der Waals surface area contributed by atoms with E-state index in [-0.39, 0.29) is 17.4 Å². The third-order valence-electron chi connectivity index (χ3n) is 5.26. The van der Waals surface area contributed by atoms with Gasteiger partial charge in [-0.25, -0.2) is 0 Å². The molecule has 0 spiro atoms.